The molecular weight excluding hydrogens is 250 g/mol. The van der Waals surface area contributed by atoms with E-state index in [0.29, 0.717) is 10.5 Å². The number of aromatic nitrogens is 2. The molecule has 0 unspecified atom stereocenters. The molecule has 0 spiro atoms. The van der Waals surface area contributed by atoms with Gasteiger partial charge in [0.2, 0.25) is 16.4 Å². The molecule has 1 amide bonds. The van der Waals surface area contributed by atoms with Crippen molar-refractivity contribution in [1.29, 1.82) is 0 Å². The smallest absolute Gasteiger partial charge is 0.245 e. The van der Waals surface area contributed by atoms with Crippen molar-refractivity contribution in [3.63, 3.8) is 0 Å². The number of fused-ring (bicyclic) bond motifs is 5. The Labute approximate surface area is 108 Å². The van der Waals surface area contributed by atoms with E-state index >= 15 is 0 Å². The summed E-state index contributed by atoms with van der Waals surface area (Å²) in [6, 6.07) is 0. The fourth-order valence-corrected chi connectivity index (χ4v) is 3.08. The van der Waals surface area contributed by atoms with Crippen molar-refractivity contribution in [2.24, 2.45) is 0 Å². The Kier molecular flexibility index (Phi) is 1.94. The third kappa shape index (κ3) is 1.23. The minimum Gasteiger partial charge on any atom is -0.442 e. The predicted octanol–water partition coefficient (Wildman–Crippen LogP) is 2.19. The van der Waals surface area contributed by atoms with Crippen LogP contribution in [0.15, 0.2) is 4.42 Å². The van der Waals surface area contributed by atoms with Crippen LogP contribution in [0, 0.1) is 4.77 Å². The van der Waals surface area contributed by atoms with Crippen molar-refractivity contribution < 1.29 is 9.21 Å². The van der Waals surface area contributed by atoms with E-state index in [1.807, 2.05) is 0 Å². The summed E-state index contributed by atoms with van der Waals surface area (Å²) in [6.07, 6.45) is 4.25. The Bertz CT molecular complexity index is 744. The first-order valence-electron chi connectivity index (χ1n) is 6.09. The number of carbonyl (C=O) groups is 1. The molecule has 0 aromatic carbocycles. The Balaban J connectivity index is 2.13. The lowest BCUT2D eigenvalue weighted by Crippen LogP contribution is -2.05. The van der Waals surface area contributed by atoms with E-state index in [1.54, 1.807) is 4.57 Å². The predicted molar refractivity (Wildman–Crippen MR) is 68.1 cm³/mol. The second-order valence-corrected chi connectivity index (χ2v) is 5.13. The van der Waals surface area contributed by atoms with Crippen molar-refractivity contribution in [3.05, 3.63) is 16.1 Å². The van der Waals surface area contributed by atoms with Crippen LogP contribution in [0.2, 0.25) is 0 Å². The van der Waals surface area contributed by atoms with E-state index in [4.69, 9.17) is 16.6 Å². The van der Waals surface area contributed by atoms with Crippen LogP contribution in [0.5, 0.6) is 0 Å². The van der Waals surface area contributed by atoms with E-state index in [0.717, 1.165) is 42.6 Å². The highest BCUT2D eigenvalue weighted by molar-refractivity contribution is 7.71. The van der Waals surface area contributed by atoms with E-state index in [2.05, 4.69) is 10.3 Å². The fourth-order valence-electron chi connectivity index (χ4n) is 2.84. The molecule has 2 aromatic rings. The Morgan fingerprint density at radius 2 is 2.17 bits per heavy atom. The molecule has 18 heavy (non-hydrogen) atoms. The van der Waals surface area contributed by atoms with E-state index < -0.39 is 0 Å². The maximum atomic E-state index is 11.5. The standard InChI is InChI=1S/C12H11N3O2S/c16-8-5-15-10(13-8)9-6-3-1-2-4-7(6)17-11(9)14-12(15)18/h1-5H2,(H,13,16). The monoisotopic (exact) mass is 261 g/mol. The number of nitrogens with zero attached hydrogens (tertiary/aromatic N) is 2. The molecule has 1 aliphatic carbocycles. The molecule has 4 rings (SSSR count). The average molecular weight is 261 g/mol. The van der Waals surface area contributed by atoms with E-state index in [1.165, 1.54) is 5.56 Å². The zero-order valence-corrected chi connectivity index (χ0v) is 10.5. The highest BCUT2D eigenvalue weighted by Crippen LogP contribution is 2.36. The highest BCUT2D eigenvalue weighted by Gasteiger charge is 2.27. The zero-order chi connectivity index (χ0) is 12.3. The Morgan fingerprint density at radius 1 is 1.33 bits per heavy atom. The van der Waals surface area contributed by atoms with Crippen molar-refractivity contribution >= 4 is 35.0 Å². The molecule has 1 N–H and O–H groups in total. The summed E-state index contributed by atoms with van der Waals surface area (Å²) in [6.45, 7) is 0.261. The van der Waals surface area contributed by atoms with Gasteiger partial charge in [-0.25, -0.2) is 0 Å². The van der Waals surface area contributed by atoms with Gasteiger partial charge >= 0.3 is 0 Å². The van der Waals surface area contributed by atoms with Crippen LogP contribution in [-0.2, 0) is 24.2 Å². The second kappa shape index (κ2) is 3.41. The van der Waals surface area contributed by atoms with Crippen LogP contribution < -0.4 is 5.32 Å². The topological polar surface area (TPSA) is 60.1 Å². The SMILES string of the molecule is O=C1Cn2c(c3c4c(oc3nc2=S)CCCC4)N1. The first-order chi connectivity index (χ1) is 8.74. The number of furan rings is 1. The molecule has 1 aliphatic heterocycles. The van der Waals surface area contributed by atoms with Gasteiger partial charge in [0.1, 0.15) is 18.1 Å². The minimum atomic E-state index is -0.0406. The van der Waals surface area contributed by atoms with Gasteiger partial charge in [-0.1, -0.05) is 0 Å². The number of rotatable bonds is 0. The van der Waals surface area contributed by atoms with Crippen LogP contribution in [0.4, 0.5) is 5.82 Å². The average Bonchev–Trinajstić information content (AvgIpc) is 2.88. The molecule has 0 atom stereocenters. The molecule has 0 bridgehead atoms. The molecule has 0 radical (unpaired) electrons. The van der Waals surface area contributed by atoms with Gasteiger partial charge in [0.05, 0.1) is 5.39 Å². The van der Waals surface area contributed by atoms with Gasteiger partial charge in [0.25, 0.3) is 0 Å². The third-order valence-electron chi connectivity index (χ3n) is 3.65. The second-order valence-electron chi connectivity index (χ2n) is 4.77. The highest BCUT2D eigenvalue weighted by atomic mass is 32.1. The molecular formula is C12H11N3O2S. The maximum absolute atomic E-state index is 11.5. The summed E-state index contributed by atoms with van der Waals surface area (Å²) < 4.78 is 7.95. The lowest BCUT2D eigenvalue weighted by molar-refractivity contribution is -0.115. The third-order valence-corrected chi connectivity index (χ3v) is 3.96. The lowest BCUT2D eigenvalue weighted by atomic mass is 9.96. The van der Waals surface area contributed by atoms with Crippen molar-refractivity contribution in [2.75, 3.05) is 5.32 Å². The van der Waals surface area contributed by atoms with Crippen LogP contribution in [0.3, 0.4) is 0 Å². The summed E-state index contributed by atoms with van der Waals surface area (Å²) in [4.78, 5) is 15.9. The van der Waals surface area contributed by atoms with E-state index in [9.17, 15) is 4.79 Å². The molecule has 6 heteroatoms. The van der Waals surface area contributed by atoms with Gasteiger partial charge in [0.15, 0.2) is 0 Å². The normalized spacial score (nSPS) is 17.7. The number of hydrogen-bond donors (Lipinski definition) is 1. The number of amides is 1. The fraction of sp³-hybridized carbons (Fsp3) is 0.417. The number of hydrogen-bond acceptors (Lipinski definition) is 4. The summed E-state index contributed by atoms with van der Waals surface area (Å²) in [5.74, 6) is 1.73. The van der Waals surface area contributed by atoms with Crippen molar-refractivity contribution in [3.8, 4) is 0 Å². The van der Waals surface area contributed by atoms with Gasteiger partial charge in [-0.2, -0.15) is 4.98 Å². The Morgan fingerprint density at radius 3 is 3.06 bits per heavy atom. The molecule has 5 nitrogen and oxygen atoms in total. The molecule has 0 saturated carbocycles. The maximum Gasteiger partial charge on any atom is 0.245 e. The largest absolute Gasteiger partial charge is 0.442 e. The number of anilines is 1. The first kappa shape index (κ1) is 10.3. The van der Waals surface area contributed by atoms with Crippen LogP contribution in [0.1, 0.15) is 24.2 Å². The van der Waals surface area contributed by atoms with Gasteiger partial charge < -0.3 is 9.73 Å². The first-order valence-corrected chi connectivity index (χ1v) is 6.50. The molecule has 92 valence electrons. The molecule has 2 aromatic heterocycles. The summed E-state index contributed by atoms with van der Waals surface area (Å²) in [5.41, 5.74) is 1.77. The van der Waals surface area contributed by atoms with Gasteiger partial charge in [-0.15, -0.1) is 0 Å². The number of aryl methyl sites for hydroxylation is 2. The quantitative estimate of drug-likeness (QED) is 0.738. The van der Waals surface area contributed by atoms with Crippen molar-refractivity contribution in [1.82, 2.24) is 9.55 Å². The van der Waals surface area contributed by atoms with Gasteiger partial charge in [-0.05, 0) is 31.5 Å². The summed E-state index contributed by atoms with van der Waals surface area (Å²) in [7, 11) is 0. The Hall–Kier alpha value is -1.69. The zero-order valence-electron chi connectivity index (χ0n) is 9.65. The summed E-state index contributed by atoms with van der Waals surface area (Å²) >= 11 is 5.20. The van der Waals surface area contributed by atoms with Crippen LogP contribution >= 0.6 is 12.2 Å². The summed E-state index contributed by atoms with van der Waals surface area (Å²) in [5, 5.41) is 3.82. The van der Waals surface area contributed by atoms with Gasteiger partial charge in [0, 0.05) is 12.0 Å². The molecule has 3 heterocycles. The molecule has 0 saturated heterocycles. The van der Waals surface area contributed by atoms with E-state index in [-0.39, 0.29) is 12.5 Å². The molecule has 2 aliphatic rings. The van der Waals surface area contributed by atoms with Gasteiger partial charge in [-0.3, -0.25) is 9.36 Å². The number of nitrogens with one attached hydrogen (secondary N) is 1. The van der Waals surface area contributed by atoms with Crippen LogP contribution in [0.25, 0.3) is 11.1 Å². The number of carbonyl (C=O) groups excluding carboxylic acids is 1. The van der Waals surface area contributed by atoms with Crippen molar-refractivity contribution in [2.45, 2.75) is 32.2 Å². The molecule has 0 fully saturated rings. The van der Waals surface area contributed by atoms with Crippen LogP contribution in [-0.4, -0.2) is 15.5 Å². The minimum absolute atomic E-state index is 0.0406. The lowest BCUT2D eigenvalue weighted by Gasteiger charge is -2.09.